The molecule has 0 bridgehead atoms. The van der Waals surface area contributed by atoms with Crippen LogP contribution in [-0.2, 0) is 0 Å². The topological polar surface area (TPSA) is 49.6 Å². The van der Waals surface area contributed by atoms with Crippen LogP contribution in [0.25, 0.3) is 5.65 Å². The first kappa shape index (κ1) is 17.9. The monoisotopic (exact) mass is 372 g/mol. The number of rotatable bonds is 3. The van der Waals surface area contributed by atoms with Crippen molar-refractivity contribution in [1.82, 2.24) is 19.6 Å². The van der Waals surface area contributed by atoms with E-state index in [1.807, 2.05) is 36.6 Å². The Hall–Kier alpha value is -1.53. The van der Waals surface area contributed by atoms with E-state index < -0.39 is 0 Å². The SMILES string of the molecule is Cc1ccn2c(C(=O)NC3CCN(C4CCSCC4)CC3)c(C)nc2c1. The molecule has 2 aromatic heterocycles. The standard InChI is InChI=1S/C20H28N4OS/c1-14-3-10-24-18(13-14)21-15(2)19(24)20(25)22-16-4-8-23(9-5-16)17-6-11-26-12-7-17/h3,10,13,16-17H,4-9,11-12H2,1-2H3,(H,22,25). The van der Waals surface area contributed by atoms with Gasteiger partial charge in [0.1, 0.15) is 11.3 Å². The van der Waals surface area contributed by atoms with Crippen molar-refractivity contribution in [2.45, 2.75) is 51.6 Å². The molecule has 4 rings (SSSR count). The van der Waals surface area contributed by atoms with Crippen LogP contribution in [0.3, 0.4) is 0 Å². The molecule has 0 aromatic carbocycles. The van der Waals surface area contributed by atoms with Crippen molar-refractivity contribution in [3.63, 3.8) is 0 Å². The molecule has 2 aliphatic heterocycles. The number of amides is 1. The van der Waals surface area contributed by atoms with E-state index in [1.165, 1.54) is 24.3 Å². The Morgan fingerprint density at radius 1 is 1.19 bits per heavy atom. The Morgan fingerprint density at radius 2 is 1.92 bits per heavy atom. The zero-order chi connectivity index (χ0) is 18.1. The van der Waals surface area contributed by atoms with Crippen LogP contribution in [0.2, 0.25) is 0 Å². The van der Waals surface area contributed by atoms with E-state index >= 15 is 0 Å². The zero-order valence-electron chi connectivity index (χ0n) is 15.7. The van der Waals surface area contributed by atoms with E-state index in [-0.39, 0.29) is 11.9 Å². The summed E-state index contributed by atoms with van der Waals surface area (Å²) in [4.78, 5) is 20.1. The van der Waals surface area contributed by atoms with Crippen molar-refractivity contribution in [2.75, 3.05) is 24.6 Å². The number of imidazole rings is 1. The smallest absolute Gasteiger partial charge is 0.270 e. The second kappa shape index (κ2) is 7.61. The number of likely N-dealkylation sites (tertiary alicyclic amines) is 1. The molecule has 0 unspecified atom stereocenters. The van der Waals surface area contributed by atoms with E-state index in [9.17, 15) is 4.79 Å². The van der Waals surface area contributed by atoms with Gasteiger partial charge in [-0.15, -0.1) is 0 Å². The van der Waals surface area contributed by atoms with Crippen LogP contribution in [0.4, 0.5) is 0 Å². The van der Waals surface area contributed by atoms with E-state index in [0.717, 1.165) is 48.9 Å². The van der Waals surface area contributed by atoms with Crippen LogP contribution in [0.15, 0.2) is 18.3 Å². The predicted octanol–water partition coefficient (Wildman–Crippen LogP) is 3.04. The molecule has 2 fully saturated rings. The maximum atomic E-state index is 12.9. The summed E-state index contributed by atoms with van der Waals surface area (Å²) in [5.41, 5.74) is 3.47. The van der Waals surface area contributed by atoms with Crippen molar-refractivity contribution >= 4 is 23.3 Å². The number of piperidine rings is 1. The maximum Gasteiger partial charge on any atom is 0.270 e. The summed E-state index contributed by atoms with van der Waals surface area (Å²) < 4.78 is 1.91. The Morgan fingerprint density at radius 3 is 2.65 bits per heavy atom. The fourth-order valence-corrected chi connectivity index (χ4v) is 5.33. The fraction of sp³-hybridized carbons (Fsp3) is 0.600. The van der Waals surface area contributed by atoms with Crippen LogP contribution in [0.5, 0.6) is 0 Å². The molecule has 0 aliphatic carbocycles. The van der Waals surface area contributed by atoms with Gasteiger partial charge in [-0.05, 0) is 68.7 Å². The number of fused-ring (bicyclic) bond motifs is 1. The van der Waals surface area contributed by atoms with Crippen molar-refractivity contribution in [3.8, 4) is 0 Å². The summed E-state index contributed by atoms with van der Waals surface area (Å²) in [5.74, 6) is 2.61. The summed E-state index contributed by atoms with van der Waals surface area (Å²) in [7, 11) is 0. The minimum atomic E-state index is 0.00590. The zero-order valence-corrected chi connectivity index (χ0v) is 16.5. The molecule has 2 saturated heterocycles. The molecule has 5 nitrogen and oxygen atoms in total. The number of hydrogen-bond acceptors (Lipinski definition) is 4. The number of nitrogens with one attached hydrogen (secondary N) is 1. The Bertz CT molecular complexity index is 788. The number of hydrogen-bond donors (Lipinski definition) is 1. The predicted molar refractivity (Wildman–Crippen MR) is 107 cm³/mol. The van der Waals surface area contributed by atoms with E-state index in [0.29, 0.717) is 5.69 Å². The fourth-order valence-electron chi connectivity index (χ4n) is 4.25. The van der Waals surface area contributed by atoms with E-state index in [2.05, 4.69) is 27.0 Å². The highest BCUT2D eigenvalue weighted by Crippen LogP contribution is 2.24. The molecule has 0 spiro atoms. The third-order valence-electron chi connectivity index (χ3n) is 5.74. The second-order valence-corrected chi connectivity index (χ2v) is 8.83. The summed E-state index contributed by atoms with van der Waals surface area (Å²) in [6.07, 6.45) is 6.68. The van der Waals surface area contributed by atoms with Gasteiger partial charge in [-0.1, -0.05) is 0 Å². The average Bonchev–Trinajstić information content (AvgIpc) is 2.98. The first-order chi connectivity index (χ1) is 12.6. The first-order valence-corrected chi connectivity index (χ1v) is 10.9. The summed E-state index contributed by atoms with van der Waals surface area (Å²) in [5, 5.41) is 3.26. The third kappa shape index (κ3) is 3.62. The molecule has 2 aromatic rings. The highest BCUT2D eigenvalue weighted by molar-refractivity contribution is 7.99. The van der Waals surface area contributed by atoms with E-state index in [1.54, 1.807) is 0 Å². The molecule has 4 heterocycles. The van der Waals surface area contributed by atoms with Crippen molar-refractivity contribution < 1.29 is 4.79 Å². The lowest BCUT2D eigenvalue weighted by Crippen LogP contribution is -2.49. The molecule has 140 valence electrons. The quantitative estimate of drug-likeness (QED) is 0.900. The van der Waals surface area contributed by atoms with Crippen LogP contribution in [-0.4, -0.2) is 56.9 Å². The summed E-state index contributed by atoms with van der Waals surface area (Å²) in [6.45, 7) is 6.17. The summed E-state index contributed by atoms with van der Waals surface area (Å²) in [6, 6.07) is 5.07. The van der Waals surface area contributed by atoms with Crippen molar-refractivity contribution in [3.05, 3.63) is 35.3 Å². The molecular weight excluding hydrogens is 344 g/mol. The molecule has 2 aliphatic rings. The lowest BCUT2D eigenvalue weighted by Gasteiger charge is -2.39. The van der Waals surface area contributed by atoms with Crippen LogP contribution in [0, 0.1) is 13.8 Å². The first-order valence-electron chi connectivity index (χ1n) is 9.70. The normalized spacial score (nSPS) is 20.5. The van der Waals surface area contributed by atoms with Gasteiger partial charge >= 0.3 is 0 Å². The van der Waals surface area contributed by atoms with Gasteiger partial charge in [-0.25, -0.2) is 4.98 Å². The number of nitrogens with zero attached hydrogens (tertiary/aromatic N) is 3. The van der Waals surface area contributed by atoms with Gasteiger partial charge < -0.3 is 10.2 Å². The van der Waals surface area contributed by atoms with E-state index in [4.69, 9.17) is 0 Å². The van der Waals surface area contributed by atoms with Gasteiger partial charge in [-0.2, -0.15) is 11.8 Å². The minimum Gasteiger partial charge on any atom is -0.348 e. The van der Waals surface area contributed by atoms with Gasteiger partial charge in [0.15, 0.2) is 0 Å². The molecule has 0 radical (unpaired) electrons. The van der Waals surface area contributed by atoms with Crippen LogP contribution < -0.4 is 5.32 Å². The van der Waals surface area contributed by atoms with Gasteiger partial charge in [0, 0.05) is 31.4 Å². The Labute approximate surface area is 159 Å². The number of thioether (sulfide) groups is 1. The van der Waals surface area contributed by atoms with Gasteiger partial charge in [0.25, 0.3) is 5.91 Å². The maximum absolute atomic E-state index is 12.9. The minimum absolute atomic E-state index is 0.00590. The number of pyridine rings is 1. The number of aryl methyl sites for hydroxylation is 2. The van der Waals surface area contributed by atoms with Gasteiger partial charge in [0.2, 0.25) is 0 Å². The molecular formula is C20H28N4OS. The van der Waals surface area contributed by atoms with Crippen LogP contribution in [0.1, 0.15) is 47.4 Å². The largest absolute Gasteiger partial charge is 0.348 e. The molecule has 0 saturated carbocycles. The Balaban J connectivity index is 1.39. The summed E-state index contributed by atoms with van der Waals surface area (Å²) >= 11 is 2.08. The molecule has 1 N–H and O–H groups in total. The molecule has 26 heavy (non-hydrogen) atoms. The second-order valence-electron chi connectivity index (χ2n) is 7.61. The highest BCUT2D eigenvalue weighted by atomic mass is 32.2. The number of aromatic nitrogens is 2. The lowest BCUT2D eigenvalue weighted by atomic mass is 10.0. The average molecular weight is 373 g/mol. The highest BCUT2D eigenvalue weighted by Gasteiger charge is 2.28. The molecule has 0 atom stereocenters. The van der Waals surface area contributed by atoms with Crippen molar-refractivity contribution in [2.24, 2.45) is 0 Å². The molecule has 6 heteroatoms. The Kier molecular flexibility index (Phi) is 5.23. The number of carbonyl (C=O) groups excluding carboxylic acids is 1. The third-order valence-corrected chi connectivity index (χ3v) is 6.79. The number of carbonyl (C=O) groups is 1. The lowest BCUT2D eigenvalue weighted by molar-refractivity contribution is 0.0880. The van der Waals surface area contributed by atoms with Crippen molar-refractivity contribution in [1.29, 1.82) is 0 Å². The van der Waals surface area contributed by atoms with Crippen LogP contribution >= 0.6 is 11.8 Å². The van der Waals surface area contributed by atoms with Gasteiger partial charge in [0.05, 0.1) is 5.69 Å². The van der Waals surface area contributed by atoms with Gasteiger partial charge in [-0.3, -0.25) is 9.20 Å². The molecule has 1 amide bonds.